The normalized spacial score (nSPS) is 22.8. The van der Waals surface area contributed by atoms with E-state index >= 15 is 0 Å². The lowest BCUT2D eigenvalue weighted by Crippen LogP contribution is -2.42. The van der Waals surface area contributed by atoms with Crippen LogP contribution >= 0.6 is 0 Å². The number of cyclic esters (lactones) is 1. The van der Waals surface area contributed by atoms with Crippen LogP contribution in [0.15, 0.2) is 60.7 Å². The van der Waals surface area contributed by atoms with Crippen LogP contribution in [0, 0.1) is 5.92 Å². The highest BCUT2D eigenvalue weighted by Gasteiger charge is 2.51. The molecule has 1 saturated heterocycles. The van der Waals surface area contributed by atoms with Gasteiger partial charge in [-0.25, -0.2) is 9.59 Å². The quantitative estimate of drug-likeness (QED) is 0.505. The van der Waals surface area contributed by atoms with Gasteiger partial charge in [-0.1, -0.05) is 55.7 Å². The summed E-state index contributed by atoms with van der Waals surface area (Å²) in [4.78, 5) is 37.8. The third-order valence-electron chi connectivity index (χ3n) is 6.46. The number of rotatable bonds is 7. The molecule has 1 aliphatic heterocycles. The minimum atomic E-state index is -1.11. The fraction of sp³-hybridized carbons (Fsp3) is 0.423. The second-order valence-electron chi connectivity index (χ2n) is 8.70. The number of carbonyl (C=O) groups excluding carboxylic acids is 3. The third kappa shape index (κ3) is 5.42. The highest BCUT2D eigenvalue weighted by molar-refractivity contribution is 5.90. The van der Waals surface area contributed by atoms with Gasteiger partial charge in [0.2, 0.25) is 0 Å². The van der Waals surface area contributed by atoms with Crippen LogP contribution in [0.1, 0.15) is 59.2 Å². The summed E-state index contributed by atoms with van der Waals surface area (Å²) in [5, 5.41) is 11.1. The first kappa shape index (κ1) is 23.0. The van der Waals surface area contributed by atoms with Crippen LogP contribution in [0.5, 0.6) is 0 Å². The van der Waals surface area contributed by atoms with Gasteiger partial charge in [0.1, 0.15) is 12.7 Å². The minimum absolute atomic E-state index is 0.199. The zero-order valence-electron chi connectivity index (χ0n) is 18.4. The van der Waals surface area contributed by atoms with Crippen LogP contribution in [0.25, 0.3) is 0 Å². The van der Waals surface area contributed by atoms with Gasteiger partial charge in [0.25, 0.3) is 0 Å². The van der Waals surface area contributed by atoms with E-state index in [2.05, 4.69) is 0 Å². The number of esters is 3. The molecule has 1 aliphatic carbocycles. The van der Waals surface area contributed by atoms with Crippen molar-refractivity contribution in [3.05, 3.63) is 71.8 Å². The number of hydrogen-bond acceptors (Lipinski definition) is 7. The van der Waals surface area contributed by atoms with E-state index in [1.807, 2.05) is 0 Å². The van der Waals surface area contributed by atoms with E-state index in [1.165, 1.54) is 0 Å². The molecule has 33 heavy (non-hydrogen) atoms. The van der Waals surface area contributed by atoms with Crippen molar-refractivity contribution >= 4 is 17.9 Å². The van der Waals surface area contributed by atoms with E-state index in [4.69, 9.17) is 14.2 Å². The summed E-state index contributed by atoms with van der Waals surface area (Å²) < 4.78 is 16.6. The Morgan fingerprint density at radius 3 is 2.12 bits per heavy atom. The van der Waals surface area contributed by atoms with Crippen molar-refractivity contribution < 1.29 is 33.7 Å². The Labute approximate surface area is 192 Å². The summed E-state index contributed by atoms with van der Waals surface area (Å²) in [7, 11) is 0. The van der Waals surface area contributed by atoms with Crippen LogP contribution < -0.4 is 0 Å². The Balaban J connectivity index is 1.48. The van der Waals surface area contributed by atoms with Gasteiger partial charge in [-0.15, -0.1) is 0 Å². The van der Waals surface area contributed by atoms with Crippen molar-refractivity contribution in [2.75, 3.05) is 6.61 Å². The summed E-state index contributed by atoms with van der Waals surface area (Å²) in [6, 6.07) is 16.9. The van der Waals surface area contributed by atoms with Crippen molar-refractivity contribution in [3.8, 4) is 0 Å². The van der Waals surface area contributed by atoms with Gasteiger partial charge in [0.15, 0.2) is 6.10 Å². The predicted octanol–water partition coefficient (Wildman–Crippen LogP) is 3.70. The fourth-order valence-corrected chi connectivity index (χ4v) is 4.60. The molecule has 4 rings (SSSR count). The SMILES string of the molecule is O=C(OC[C@H](OC(=O)c1ccccc1)[C@@H]1C[C@@H](C2(O)CCCCC2)C(=O)O1)c1ccccc1. The molecule has 0 unspecified atom stereocenters. The highest BCUT2D eigenvalue weighted by Crippen LogP contribution is 2.41. The Kier molecular flexibility index (Phi) is 7.08. The molecule has 0 bridgehead atoms. The highest BCUT2D eigenvalue weighted by atomic mass is 16.6. The molecular formula is C26H28O7. The molecule has 7 nitrogen and oxygen atoms in total. The molecule has 0 spiro atoms. The van der Waals surface area contributed by atoms with Crippen molar-refractivity contribution in [3.63, 3.8) is 0 Å². The first-order chi connectivity index (χ1) is 16.0. The largest absolute Gasteiger partial charge is 0.458 e. The summed E-state index contributed by atoms with van der Waals surface area (Å²) >= 11 is 0. The van der Waals surface area contributed by atoms with Crippen LogP contribution in [0.2, 0.25) is 0 Å². The van der Waals surface area contributed by atoms with Gasteiger partial charge in [-0.3, -0.25) is 4.79 Å². The lowest BCUT2D eigenvalue weighted by Gasteiger charge is -2.35. The molecule has 2 fully saturated rings. The molecule has 0 radical (unpaired) electrons. The van der Waals surface area contributed by atoms with Gasteiger partial charge in [0, 0.05) is 6.42 Å². The zero-order chi connectivity index (χ0) is 23.3. The molecule has 7 heteroatoms. The van der Waals surface area contributed by atoms with E-state index in [-0.39, 0.29) is 13.0 Å². The number of benzene rings is 2. The van der Waals surface area contributed by atoms with Gasteiger partial charge in [-0.05, 0) is 37.1 Å². The van der Waals surface area contributed by atoms with Gasteiger partial charge in [0.05, 0.1) is 22.6 Å². The van der Waals surface area contributed by atoms with Crippen LogP contribution in [-0.2, 0) is 19.0 Å². The fourth-order valence-electron chi connectivity index (χ4n) is 4.60. The minimum Gasteiger partial charge on any atom is -0.458 e. The standard InChI is InChI=1S/C26H28O7/c27-23(18-10-4-1-5-11-18)31-17-22(33-24(28)19-12-6-2-7-13-19)21-16-20(25(29)32-21)26(30)14-8-3-9-15-26/h1-2,4-7,10-13,20-22,30H,3,8-9,14-17H2/t20-,21+,22+/m1/s1. The molecule has 3 atom stereocenters. The van der Waals surface area contributed by atoms with Gasteiger partial charge in [-0.2, -0.15) is 0 Å². The number of aliphatic hydroxyl groups is 1. The van der Waals surface area contributed by atoms with Gasteiger partial charge < -0.3 is 19.3 Å². The molecule has 2 aliphatic rings. The van der Waals surface area contributed by atoms with Gasteiger partial charge >= 0.3 is 17.9 Å². The van der Waals surface area contributed by atoms with E-state index in [1.54, 1.807) is 60.7 Å². The maximum absolute atomic E-state index is 12.7. The molecule has 0 amide bonds. The zero-order valence-corrected chi connectivity index (χ0v) is 18.4. The molecule has 2 aromatic carbocycles. The molecule has 1 N–H and O–H groups in total. The van der Waals surface area contributed by atoms with Crippen molar-refractivity contribution in [1.82, 2.24) is 0 Å². The topological polar surface area (TPSA) is 99.1 Å². The monoisotopic (exact) mass is 452 g/mol. The smallest absolute Gasteiger partial charge is 0.338 e. The average Bonchev–Trinajstić information content (AvgIpc) is 3.25. The third-order valence-corrected chi connectivity index (χ3v) is 6.46. The maximum Gasteiger partial charge on any atom is 0.338 e. The van der Waals surface area contributed by atoms with E-state index in [9.17, 15) is 19.5 Å². The Morgan fingerprint density at radius 1 is 0.939 bits per heavy atom. The summed E-state index contributed by atoms with van der Waals surface area (Å²) in [6.45, 7) is -0.268. The van der Waals surface area contributed by atoms with Crippen LogP contribution in [0.3, 0.4) is 0 Å². The summed E-state index contributed by atoms with van der Waals surface area (Å²) in [6.07, 6.45) is 2.20. The number of hydrogen-bond donors (Lipinski definition) is 1. The predicted molar refractivity (Wildman–Crippen MR) is 118 cm³/mol. The van der Waals surface area contributed by atoms with Crippen LogP contribution in [0.4, 0.5) is 0 Å². The maximum atomic E-state index is 12.7. The van der Waals surface area contributed by atoms with E-state index in [0.29, 0.717) is 24.0 Å². The molecule has 0 aromatic heterocycles. The van der Waals surface area contributed by atoms with Crippen molar-refractivity contribution in [1.29, 1.82) is 0 Å². The molecule has 1 heterocycles. The second-order valence-corrected chi connectivity index (χ2v) is 8.70. The van der Waals surface area contributed by atoms with E-state index in [0.717, 1.165) is 19.3 Å². The number of carbonyl (C=O) groups is 3. The van der Waals surface area contributed by atoms with Crippen molar-refractivity contribution in [2.24, 2.45) is 5.92 Å². The first-order valence-electron chi connectivity index (χ1n) is 11.4. The Hall–Kier alpha value is -3.19. The lowest BCUT2D eigenvalue weighted by atomic mass is 9.74. The average molecular weight is 453 g/mol. The Morgan fingerprint density at radius 2 is 1.52 bits per heavy atom. The molecule has 1 saturated carbocycles. The molecule has 2 aromatic rings. The van der Waals surface area contributed by atoms with Crippen LogP contribution in [-0.4, -0.2) is 47.4 Å². The first-order valence-corrected chi connectivity index (χ1v) is 11.4. The lowest BCUT2D eigenvalue weighted by molar-refractivity contribution is -0.155. The second kappa shape index (κ2) is 10.2. The van der Waals surface area contributed by atoms with E-state index < -0.39 is 41.6 Å². The van der Waals surface area contributed by atoms with Crippen molar-refractivity contribution in [2.45, 2.75) is 56.3 Å². The number of ether oxygens (including phenoxy) is 3. The Bertz CT molecular complexity index is 967. The molecular weight excluding hydrogens is 424 g/mol. The summed E-state index contributed by atoms with van der Waals surface area (Å²) in [5.74, 6) is -2.36. The summed E-state index contributed by atoms with van der Waals surface area (Å²) in [5.41, 5.74) is -0.411. The molecule has 174 valence electrons.